The van der Waals surface area contributed by atoms with Crippen molar-refractivity contribution in [1.82, 2.24) is 0 Å². The molecule has 3 nitrogen and oxygen atoms in total. The number of thioether (sulfide) groups is 1. The van der Waals surface area contributed by atoms with Gasteiger partial charge < -0.3 is 9.05 Å². The normalized spacial score (nSPS) is 13.6. The standard InChI is InChI=1S/C5H10ClO3PS/c1-8-10(7,9-2)4-5(6)11-3/h4H,1-3H3. The van der Waals surface area contributed by atoms with Crippen molar-refractivity contribution in [3.05, 3.63) is 10.2 Å². The van der Waals surface area contributed by atoms with Gasteiger partial charge in [0, 0.05) is 14.2 Å². The van der Waals surface area contributed by atoms with Crippen LogP contribution in [0.3, 0.4) is 0 Å². The SMILES string of the molecule is COP(=O)(C=C(Cl)SC)OC. The minimum Gasteiger partial charge on any atom is -0.309 e. The fourth-order valence-electron chi connectivity index (χ4n) is 0.357. The molecule has 0 N–H and O–H groups in total. The molecule has 0 unspecified atom stereocenters. The Labute approximate surface area is 75.6 Å². The predicted octanol–water partition coefficient (Wildman–Crippen LogP) is 2.87. The lowest BCUT2D eigenvalue weighted by atomic mass is 11.2. The van der Waals surface area contributed by atoms with Gasteiger partial charge in [0.2, 0.25) is 0 Å². The summed E-state index contributed by atoms with van der Waals surface area (Å²) in [6.07, 6.45) is 1.77. The van der Waals surface area contributed by atoms with E-state index in [0.717, 1.165) is 0 Å². The molecule has 0 heterocycles. The van der Waals surface area contributed by atoms with Crippen LogP contribution >= 0.6 is 31.0 Å². The van der Waals surface area contributed by atoms with Crippen molar-refractivity contribution >= 4 is 31.0 Å². The largest absolute Gasteiger partial charge is 0.355 e. The van der Waals surface area contributed by atoms with Gasteiger partial charge in [-0.05, 0) is 6.26 Å². The molecule has 0 bridgehead atoms. The van der Waals surface area contributed by atoms with Crippen LogP contribution in [0.4, 0.5) is 0 Å². The van der Waals surface area contributed by atoms with Gasteiger partial charge in [-0.15, -0.1) is 11.8 Å². The zero-order chi connectivity index (χ0) is 8.91. The highest BCUT2D eigenvalue weighted by molar-refractivity contribution is 8.04. The van der Waals surface area contributed by atoms with Crippen molar-refractivity contribution in [2.45, 2.75) is 0 Å². The lowest BCUT2D eigenvalue weighted by Gasteiger charge is -2.08. The van der Waals surface area contributed by atoms with Crippen LogP contribution in [0.15, 0.2) is 10.2 Å². The molecule has 0 rings (SSSR count). The van der Waals surface area contributed by atoms with Gasteiger partial charge in [-0.1, -0.05) is 11.6 Å². The highest BCUT2D eigenvalue weighted by Crippen LogP contribution is 2.50. The fraction of sp³-hybridized carbons (Fsp3) is 0.600. The molecule has 0 fully saturated rings. The Morgan fingerprint density at radius 1 is 1.55 bits per heavy atom. The lowest BCUT2D eigenvalue weighted by molar-refractivity contribution is 0.286. The Morgan fingerprint density at radius 2 is 2.00 bits per heavy atom. The lowest BCUT2D eigenvalue weighted by Crippen LogP contribution is -1.83. The van der Waals surface area contributed by atoms with Crippen LogP contribution in [0.25, 0.3) is 0 Å². The molecule has 0 aromatic heterocycles. The topological polar surface area (TPSA) is 35.5 Å². The molecule has 0 atom stereocenters. The van der Waals surface area contributed by atoms with E-state index in [1.54, 1.807) is 6.26 Å². The van der Waals surface area contributed by atoms with Crippen LogP contribution < -0.4 is 0 Å². The summed E-state index contributed by atoms with van der Waals surface area (Å²) in [6.45, 7) is 0. The molecular formula is C5H10ClO3PS. The first-order valence-corrected chi connectivity index (χ1v) is 5.93. The van der Waals surface area contributed by atoms with E-state index in [4.69, 9.17) is 11.6 Å². The third-order valence-electron chi connectivity index (χ3n) is 0.964. The van der Waals surface area contributed by atoms with Crippen LogP contribution in [-0.4, -0.2) is 20.5 Å². The summed E-state index contributed by atoms with van der Waals surface area (Å²) in [4.78, 5) is 0. The second-order valence-electron chi connectivity index (χ2n) is 1.54. The number of rotatable bonds is 4. The van der Waals surface area contributed by atoms with E-state index < -0.39 is 7.60 Å². The molecule has 0 saturated carbocycles. The zero-order valence-electron chi connectivity index (χ0n) is 6.54. The molecule has 0 radical (unpaired) electrons. The molecule has 0 saturated heterocycles. The zero-order valence-corrected chi connectivity index (χ0v) is 9.00. The van der Waals surface area contributed by atoms with E-state index in [9.17, 15) is 4.57 Å². The molecule has 0 aromatic carbocycles. The van der Waals surface area contributed by atoms with E-state index >= 15 is 0 Å². The Bertz CT molecular complexity index is 186. The fourth-order valence-corrected chi connectivity index (χ4v) is 2.13. The molecule has 11 heavy (non-hydrogen) atoms. The van der Waals surface area contributed by atoms with Gasteiger partial charge >= 0.3 is 7.60 Å². The molecule has 0 aromatic rings. The maximum absolute atomic E-state index is 11.3. The van der Waals surface area contributed by atoms with Crippen LogP contribution in [0.2, 0.25) is 0 Å². The molecule has 0 amide bonds. The average molecular weight is 217 g/mol. The predicted molar refractivity (Wildman–Crippen MR) is 49.1 cm³/mol. The Balaban J connectivity index is 4.42. The van der Waals surface area contributed by atoms with Gasteiger partial charge in [-0.25, -0.2) is 0 Å². The molecule has 6 heteroatoms. The summed E-state index contributed by atoms with van der Waals surface area (Å²) < 4.78 is 20.9. The van der Waals surface area contributed by atoms with E-state index in [2.05, 4.69) is 9.05 Å². The summed E-state index contributed by atoms with van der Waals surface area (Å²) in [5, 5.41) is 0. The highest BCUT2D eigenvalue weighted by Gasteiger charge is 2.17. The van der Waals surface area contributed by atoms with Crippen LogP contribution in [0.1, 0.15) is 0 Å². The molecule has 0 spiro atoms. The van der Waals surface area contributed by atoms with Gasteiger partial charge in [0.25, 0.3) is 0 Å². The number of hydrogen-bond donors (Lipinski definition) is 0. The monoisotopic (exact) mass is 216 g/mol. The summed E-state index contributed by atoms with van der Waals surface area (Å²) in [5.74, 6) is 1.28. The van der Waals surface area contributed by atoms with E-state index in [-0.39, 0.29) is 0 Å². The number of hydrogen-bond acceptors (Lipinski definition) is 4. The average Bonchev–Trinajstić information content (AvgIpc) is 2.04. The van der Waals surface area contributed by atoms with Crippen molar-refractivity contribution in [2.24, 2.45) is 0 Å². The molecule has 0 aliphatic heterocycles. The van der Waals surface area contributed by atoms with Gasteiger partial charge in [-0.3, -0.25) is 4.57 Å². The van der Waals surface area contributed by atoms with Crippen molar-refractivity contribution in [3.8, 4) is 0 Å². The second-order valence-corrected chi connectivity index (χ2v) is 5.09. The molecular weight excluding hydrogens is 207 g/mol. The van der Waals surface area contributed by atoms with Gasteiger partial charge in [-0.2, -0.15) is 0 Å². The van der Waals surface area contributed by atoms with Crippen molar-refractivity contribution in [2.75, 3.05) is 20.5 Å². The third-order valence-corrected chi connectivity index (χ3v) is 3.96. The quantitative estimate of drug-likeness (QED) is 0.677. The maximum atomic E-state index is 11.3. The molecule has 0 aliphatic rings. The van der Waals surface area contributed by atoms with Crippen molar-refractivity contribution in [1.29, 1.82) is 0 Å². The molecule has 0 aliphatic carbocycles. The smallest absolute Gasteiger partial charge is 0.309 e. The van der Waals surface area contributed by atoms with E-state index in [0.29, 0.717) is 4.36 Å². The maximum Gasteiger partial charge on any atom is 0.355 e. The molecule has 66 valence electrons. The first kappa shape index (κ1) is 11.5. The summed E-state index contributed by atoms with van der Waals surface area (Å²) in [6, 6.07) is 0. The van der Waals surface area contributed by atoms with E-state index in [1.165, 1.54) is 31.8 Å². The Morgan fingerprint density at radius 3 is 2.27 bits per heavy atom. The summed E-state index contributed by atoms with van der Waals surface area (Å²) in [7, 11) is -0.447. The Hall–Kier alpha value is 0.530. The summed E-state index contributed by atoms with van der Waals surface area (Å²) >= 11 is 6.88. The van der Waals surface area contributed by atoms with Crippen LogP contribution in [0.5, 0.6) is 0 Å². The minimum absolute atomic E-state index is 0.400. The van der Waals surface area contributed by atoms with Crippen molar-refractivity contribution in [3.63, 3.8) is 0 Å². The second kappa shape index (κ2) is 5.22. The van der Waals surface area contributed by atoms with Crippen LogP contribution in [0, 0.1) is 0 Å². The first-order chi connectivity index (χ1) is 5.08. The van der Waals surface area contributed by atoms with Gasteiger partial charge in [0.1, 0.15) is 0 Å². The third kappa shape index (κ3) is 4.19. The van der Waals surface area contributed by atoms with Gasteiger partial charge in [0.15, 0.2) is 0 Å². The van der Waals surface area contributed by atoms with Crippen LogP contribution in [-0.2, 0) is 13.6 Å². The highest BCUT2D eigenvalue weighted by atomic mass is 35.5. The van der Waals surface area contributed by atoms with Crippen molar-refractivity contribution < 1.29 is 13.6 Å². The van der Waals surface area contributed by atoms with Gasteiger partial charge in [0.05, 0.1) is 10.2 Å². The van der Waals surface area contributed by atoms with E-state index in [1.807, 2.05) is 0 Å². The minimum atomic E-state index is -3.07. The first-order valence-electron chi connectivity index (χ1n) is 2.71. The summed E-state index contributed by atoms with van der Waals surface area (Å²) in [5.41, 5.74) is 0. The Kier molecular flexibility index (Phi) is 5.48. The number of halogens is 1.